The van der Waals surface area contributed by atoms with Gasteiger partial charge in [-0.2, -0.15) is 0 Å². The first-order valence-electron chi connectivity index (χ1n) is 23.0. The van der Waals surface area contributed by atoms with Crippen LogP contribution >= 0.6 is 11.3 Å². The zero-order valence-electron chi connectivity index (χ0n) is 38.0. The fourth-order valence-electron chi connectivity index (χ4n) is 8.46. The fraction of sp³-hybridized carbons (Fsp3) is 0.478. The number of fused-ring (bicyclic) bond motifs is 1. The van der Waals surface area contributed by atoms with Crippen molar-refractivity contribution in [1.29, 1.82) is 0 Å². The van der Waals surface area contributed by atoms with Gasteiger partial charge in [-0.15, -0.1) is 11.3 Å². The van der Waals surface area contributed by atoms with E-state index in [0.717, 1.165) is 53.6 Å². The zero-order chi connectivity index (χ0) is 48.1. The number of carbonyl (C=O) groups excluding carboxylic acids is 4. The summed E-state index contributed by atoms with van der Waals surface area (Å²) >= 11 is 1.41. The summed E-state index contributed by atoms with van der Waals surface area (Å²) in [5.74, 6) is -1.45. The van der Waals surface area contributed by atoms with Gasteiger partial charge in [0.2, 0.25) is 17.7 Å². The molecule has 0 saturated carbocycles. The molecule has 3 saturated heterocycles. The number of nitrogens with zero attached hydrogens (tertiary/aromatic N) is 2. The Labute approximate surface area is 397 Å². The molecule has 4 amide bonds. The molecule has 0 spiro atoms. The van der Waals surface area contributed by atoms with Gasteiger partial charge in [0.25, 0.3) is 0 Å². The Bertz CT molecular complexity index is 2090. The highest BCUT2D eigenvalue weighted by Crippen LogP contribution is 2.23. The van der Waals surface area contributed by atoms with Crippen LogP contribution in [0.1, 0.15) is 68.9 Å². The molecule has 3 aromatic carbocycles. The second kappa shape index (κ2) is 27.9. The number of hydrogen-bond acceptors (Lipinski definition) is 14. The molecule has 3 aliphatic rings. The van der Waals surface area contributed by atoms with E-state index >= 15 is 0 Å². The van der Waals surface area contributed by atoms with E-state index in [1.54, 1.807) is 18.1 Å². The summed E-state index contributed by atoms with van der Waals surface area (Å²) in [6.07, 6.45) is 5.55. The lowest BCUT2D eigenvalue weighted by molar-refractivity contribution is -0.140. The molecule has 5 atom stereocenters. The quantitative estimate of drug-likeness (QED) is 0.0507. The number of hydrogen-bond donors (Lipinski definition) is 9. The molecule has 1 aromatic heterocycles. The van der Waals surface area contributed by atoms with Crippen molar-refractivity contribution in [2.45, 2.75) is 94.8 Å². The number of amides is 4. The van der Waals surface area contributed by atoms with Gasteiger partial charge in [-0.25, -0.2) is 4.79 Å². The maximum absolute atomic E-state index is 13.7. The molecule has 7 rings (SSSR count). The zero-order valence-corrected chi connectivity index (χ0v) is 38.8. The Morgan fingerprint density at radius 2 is 1.51 bits per heavy atom. The fourth-order valence-corrected chi connectivity index (χ4v) is 9.39. The van der Waals surface area contributed by atoms with E-state index in [1.807, 2.05) is 84.9 Å². The lowest BCUT2D eigenvalue weighted by atomic mass is 9.76. The van der Waals surface area contributed by atoms with Crippen molar-refractivity contribution in [3.8, 4) is 0 Å². The number of nitrogens with one attached hydrogen (secondary N) is 3. The summed E-state index contributed by atoms with van der Waals surface area (Å²) in [7, 11) is -2.94. The number of thiophene rings is 1. The largest absolute Gasteiger partial charge is 0.499 e. The molecule has 360 valence electrons. The summed E-state index contributed by atoms with van der Waals surface area (Å²) in [5, 5.41) is 65.3. The molecule has 0 radical (unpaired) electrons. The Morgan fingerprint density at radius 3 is 2.15 bits per heavy atom. The van der Waals surface area contributed by atoms with Crippen LogP contribution in [0.15, 0.2) is 91.0 Å². The van der Waals surface area contributed by atoms with Crippen molar-refractivity contribution in [2.24, 2.45) is 5.92 Å². The number of benzene rings is 3. The van der Waals surface area contributed by atoms with Crippen molar-refractivity contribution in [3.63, 3.8) is 0 Å². The summed E-state index contributed by atoms with van der Waals surface area (Å²) in [5.41, 5.74) is 1.66. The molecule has 9 N–H and O–H groups in total. The van der Waals surface area contributed by atoms with Crippen molar-refractivity contribution >= 4 is 71.4 Å². The van der Waals surface area contributed by atoms with Crippen LogP contribution in [0.4, 0.5) is 4.79 Å². The van der Waals surface area contributed by atoms with Crippen molar-refractivity contribution < 1.29 is 58.8 Å². The van der Waals surface area contributed by atoms with Gasteiger partial charge in [-0.3, -0.25) is 14.4 Å². The molecule has 3 fully saturated rings. The van der Waals surface area contributed by atoms with Crippen LogP contribution in [0, 0.1) is 5.92 Å². The number of likely N-dealkylation sites (tertiary alicyclic amines) is 2. The molecule has 0 bridgehead atoms. The van der Waals surface area contributed by atoms with E-state index in [1.165, 1.54) is 16.2 Å². The number of ether oxygens (including phenoxy) is 2. The third kappa shape index (κ3) is 17.0. The molecule has 0 aliphatic carbocycles. The molecule has 17 nitrogen and oxygen atoms in total. The van der Waals surface area contributed by atoms with Crippen LogP contribution in [-0.2, 0) is 36.9 Å². The van der Waals surface area contributed by atoms with Crippen LogP contribution in [-0.4, -0.2) is 149 Å². The van der Waals surface area contributed by atoms with Gasteiger partial charge in [0, 0.05) is 49.1 Å². The third-order valence-electron chi connectivity index (χ3n) is 12.1. The van der Waals surface area contributed by atoms with E-state index < -0.39 is 57.3 Å². The van der Waals surface area contributed by atoms with Crippen molar-refractivity contribution in [2.75, 3.05) is 39.9 Å². The summed E-state index contributed by atoms with van der Waals surface area (Å²) in [6.45, 7) is 3.56. The molecule has 3 aliphatic heterocycles. The maximum Gasteiger partial charge on any atom is 0.499 e. The first-order valence-corrected chi connectivity index (χ1v) is 23.8. The second-order valence-electron chi connectivity index (χ2n) is 17.0. The molecule has 21 heteroatoms. The van der Waals surface area contributed by atoms with Gasteiger partial charge < -0.3 is 65.4 Å². The van der Waals surface area contributed by atoms with Crippen LogP contribution in [0.3, 0.4) is 0 Å². The Balaban J connectivity index is 0.000000234. The van der Waals surface area contributed by atoms with E-state index in [-0.39, 0.29) is 24.9 Å². The van der Waals surface area contributed by atoms with Gasteiger partial charge in [0.15, 0.2) is 0 Å². The second-order valence-corrected chi connectivity index (χ2v) is 18.1. The van der Waals surface area contributed by atoms with Crippen molar-refractivity contribution in [3.05, 3.63) is 102 Å². The predicted molar refractivity (Wildman–Crippen MR) is 258 cm³/mol. The van der Waals surface area contributed by atoms with Crippen LogP contribution in [0.25, 0.3) is 10.1 Å². The highest BCUT2D eigenvalue weighted by molar-refractivity contribution is 7.27. The molecule has 4 heterocycles. The van der Waals surface area contributed by atoms with E-state index in [2.05, 4.69) is 16.0 Å². The van der Waals surface area contributed by atoms with E-state index in [9.17, 15) is 39.3 Å². The van der Waals surface area contributed by atoms with Gasteiger partial charge in [-0.05, 0) is 99.0 Å². The van der Waals surface area contributed by atoms with E-state index in [4.69, 9.17) is 19.5 Å². The molecular weight excluding hydrogens is 879 g/mol. The van der Waals surface area contributed by atoms with Gasteiger partial charge >= 0.3 is 27.4 Å². The maximum atomic E-state index is 13.7. The minimum atomic E-state index is -1.74. The molecular formula is C46H64B3N5O12S. The Kier molecular flexibility index (Phi) is 22.1. The average molecular weight is 944 g/mol. The average Bonchev–Trinajstić information content (AvgIpc) is 4.18. The smallest absolute Gasteiger partial charge is 0.445 e. The molecule has 1 unspecified atom stereocenters. The van der Waals surface area contributed by atoms with Gasteiger partial charge in [0.05, 0.1) is 11.9 Å². The number of alkyl carbamates (subject to hydrolysis) is 1. The number of rotatable bonds is 18. The van der Waals surface area contributed by atoms with Crippen LogP contribution < -0.4 is 20.7 Å². The van der Waals surface area contributed by atoms with Crippen molar-refractivity contribution in [1.82, 2.24) is 25.8 Å². The monoisotopic (exact) mass is 943 g/mol. The minimum Gasteiger partial charge on any atom is -0.445 e. The highest BCUT2D eigenvalue weighted by atomic mass is 32.1. The number of methoxy groups -OCH3 is 1. The Morgan fingerprint density at radius 1 is 0.836 bits per heavy atom. The SMILES string of the molecule is COCCC[C@@H](NC(=O)C1CCCN1C(=O)[C@H](Cc1ccccc1)NC(=O)OCc1ccccc1)B(O)O.O=C(CC[C@@H]1CCNC1)N1CCC[C@H]1B(O)O.OB(O)c1cc2ccccc2s1. The number of carbonyl (C=O) groups is 4. The van der Waals surface area contributed by atoms with Crippen LogP contribution in [0.5, 0.6) is 0 Å². The summed E-state index contributed by atoms with van der Waals surface area (Å²) in [4.78, 5) is 54.5. The first kappa shape index (κ1) is 53.1. The third-order valence-corrected chi connectivity index (χ3v) is 13.2. The molecule has 67 heavy (non-hydrogen) atoms. The first-order chi connectivity index (χ1) is 32.3. The van der Waals surface area contributed by atoms with Gasteiger partial charge in [-0.1, -0.05) is 78.9 Å². The minimum absolute atomic E-state index is 0.0572. The van der Waals surface area contributed by atoms with E-state index in [0.29, 0.717) is 68.9 Å². The van der Waals surface area contributed by atoms with Gasteiger partial charge in [0.1, 0.15) is 18.7 Å². The predicted octanol–water partition coefficient (Wildman–Crippen LogP) is 1.40. The lowest BCUT2D eigenvalue weighted by Crippen LogP contribution is -2.56. The topological polar surface area (TPSA) is 251 Å². The highest BCUT2D eigenvalue weighted by Gasteiger charge is 2.40. The Hall–Kier alpha value is -4.83. The van der Waals surface area contributed by atoms with Crippen LogP contribution in [0.2, 0.25) is 0 Å². The standard InChI is InChI=1S/C27H36BN3O7.C11H21BN2O3.C8H7BO2S/c1-37-17-9-15-24(28(35)36)30-25(32)23-14-8-16-31(23)26(33)22(18-20-10-4-2-5-11-20)29-27(34)38-19-21-12-6-3-7-13-21;15-11(4-3-9-5-6-13-8-9)14-7-1-2-10(14)12(16)17;10-9(11)8-5-6-3-1-2-4-7(6)12-8/h2-7,10-13,22-24,35-36H,8-9,14-19H2,1H3,(H,29,34)(H,30,32);9-10,13,16-17H,1-8H2;1-5,10-11H/t22-,23?,24+;9-,10+;/m01./s1. The molecule has 4 aromatic rings. The lowest BCUT2D eigenvalue weighted by Gasteiger charge is -2.30. The summed E-state index contributed by atoms with van der Waals surface area (Å²) in [6, 6.07) is 26.3. The normalized spacial score (nSPS) is 18.5. The summed E-state index contributed by atoms with van der Waals surface area (Å²) < 4.78 is 12.0.